The molecule has 150 valence electrons. The lowest BCUT2D eigenvalue weighted by atomic mass is 10.2. The van der Waals surface area contributed by atoms with Gasteiger partial charge in [-0.25, -0.2) is 8.42 Å². The molecule has 1 aliphatic rings. The first-order valence-corrected chi connectivity index (χ1v) is 11.3. The summed E-state index contributed by atoms with van der Waals surface area (Å²) < 4.78 is 56.4. The lowest BCUT2D eigenvalue weighted by Gasteiger charge is -2.25. The third-order valence-electron chi connectivity index (χ3n) is 4.33. The van der Waals surface area contributed by atoms with Crippen molar-refractivity contribution >= 4 is 25.8 Å². The molecule has 9 nitrogen and oxygen atoms in total. The van der Waals surface area contributed by atoms with Crippen molar-refractivity contribution in [3.8, 4) is 5.75 Å². The lowest BCUT2D eigenvalue weighted by Crippen LogP contribution is -2.35. The maximum atomic E-state index is 12.6. The molecule has 0 bridgehead atoms. The zero-order valence-corrected chi connectivity index (χ0v) is 16.4. The van der Waals surface area contributed by atoms with Crippen molar-refractivity contribution in [2.24, 2.45) is 0 Å². The van der Waals surface area contributed by atoms with E-state index in [0.717, 1.165) is 37.5 Å². The van der Waals surface area contributed by atoms with Crippen molar-refractivity contribution in [2.75, 3.05) is 13.1 Å². The predicted octanol–water partition coefficient (Wildman–Crippen LogP) is 2.54. The van der Waals surface area contributed by atoms with Gasteiger partial charge in [0.1, 0.15) is 4.90 Å². The molecule has 3 rings (SSSR count). The Kier molecular flexibility index (Phi) is 5.68. The summed E-state index contributed by atoms with van der Waals surface area (Å²) in [5.74, 6) is -0.419. The molecule has 0 saturated carbocycles. The Bertz CT molecular complexity index is 1070. The molecule has 0 amide bonds. The van der Waals surface area contributed by atoms with E-state index in [4.69, 9.17) is 4.18 Å². The number of nitro groups is 1. The van der Waals surface area contributed by atoms with E-state index >= 15 is 0 Å². The number of nitro benzene ring substituents is 1. The fourth-order valence-corrected chi connectivity index (χ4v) is 5.34. The van der Waals surface area contributed by atoms with Gasteiger partial charge in [0.2, 0.25) is 15.8 Å². The van der Waals surface area contributed by atoms with Gasteiger partial charge in [-0.1, -0.05) is 18.6 Å². The van der Waals surface area contributed by atoms with Crippen LogP contribution in [-0.4, -0.2) is 39.2 Å². The van der Waals surface area contributed by atoms with Crippen molar-refractivity contribution in [1.82, 2.24) is 4.31 Å². The van der Waals surface area contributed by atoms with E-state index in [1.165, 1.54) is 34.6 Å². The Morgan fingerprint density at radius 3 is 2.04 bits per heavy atom. The Labute approximate surface area is 162 Å². The van der Waals surface area contributed by atoms with Crippen molar-refractivity contribution in [1.29, 1.82) is 0 Å². The predicted molar refractivity (Wildman–Crippen MR) is 100.0 cm³/mol. The largest absolute Gasteiger partial charge is 0.372 e. The molecule has 0 radical (unpaired) electrons. The molecule has 2 aromatic carbocycles. The molecule has 0 atom stereocenters. The molecule has 1 heterocycles. The molecule has 1 saturated heterocycles. The summed E-state index contributed by atoms with van der Waals surface area (Å²) in [5.41, 5.74) is -0.490. The van der Waals surface area contributed by atoms with Crippen molar-refractivity contribution in [3.05, 3.63) is 58.6 Å². The maximum absolute atomic E-state index is 12.6. The highest BCUT2D eigenvalue weighted by Gasteiger charge is 2.27. The van der Waals surface area contributed by atoms with E-state index in [-0.39, 0.29) is 9.79 Å². The first kappa shape index (κ1) is 20.2. The van der Waals surface area contributed by atoms with E-state index in [1.54, 1.807) is 0 Å². The minimum atomic E-state index is -4.37. The molecule has 0 unspecified atom stereocenters. The zero-order chi connectivity index (χ0) is 20.4. The molecule has 0 spiro atoms. The van der Waals surface area contributed by atoms with Crippen LogP contribution in [0.15, 0.2) is 58.3 Å². The summed E-state index contributed by atoms with van der Waals surface area (Å²) in [5, 5.41) is 11.0. The summed E-state index contributed by atoms with van der Waals surface area (Å²) >= 11 is 0. The quantitative estimate of drug-likeness (QED) is 0.395. The summed E-state index contributed by atoms with van der Waals surface area (Å²) in [4.78, 5) is 9.94. The number of hydrogen-bond donors (Lipinski definition) is 0. The standard InChI is InChI=1S/C17H18N2O7S2/c20-19(21)16-6-2-3-7-17(16)26-28(24,25)15-10-8-14(9-11-15)27(22,23)18-12-4-1-5-13-18/h2-3,6-11H,1,4-5,12-13H2. The Balaban J connectivity index is 1.85. The highest BCUT2D eigenvalue weighted by atomic mass is 32.2. The fraction of sp³-hybridized carbons (Fsp3) is 0.294. The van der Waals surface area contributed by atoms with Crippen LogP contribution >= 0.6 is 0 Å². The van der Waals surface area contributed by atoms with Gasteiger partial charge in [0, 0.05) is 19.2 Å². The number of hydrogen-bond acceptors (Lipinski definition) is 7. The van der Waals surface area contributed by atoms with Gasteiger partial charge < -0.3 is 4.18 Å². The Morgan fingerprint density at radius 2 is 1.43 bits per heavy atom. The number of benzene rings is 2. The van der Waals surface area contributed by atoms with E-state index in [2.05, 4.69) is 0 Å². The fourth-order valence-electron chi connectivity index (χ4n) is 2.88. The summed E-state index contributed by atoms with van der Waals surface area (Å²) in [7, 11) is -8.06. The summed E-state index contributed by atoms with van der Waals surface area (Å²) in [6.07, 6.45) is 2.55. The smallest absolute Gasteiger partial charge is 0.339 e. The van der Waals surface area contributed by atoms with Gasteiger partial charge >= 0.3 is 15.8 Å². The Hall–Kier alpha value is -2.50. The molecule has 2 aromatic rings. The maximum Gasteiger partial charge on any atom is 0.339 e. The first-order chi connectivity index (χ1) is 13.2. The van der Waals surface area contributed by atoms with Crippen molar-refractivity contribution in [3.63, 3.8) is 0 Å². The zero-order valence-electron chi connectivity index (χ0n) is 14.7. The van der Waals surface area contributed by atoms with Gasteiger partial charge in [-0.05, 0) is 43.2 Å². The molecule has 28 heavy (non-hydrogen) atoms. The van der Waals surface area contributed by atoms with Gasteiger partial charge in [-0.2, -0.15) is 12.7 Å². The molecule has 11 heteroatoms. The number of rotatable bonds is 6. The highest BCUT2D eigenvalue weighted by Crippen LogP contribution is 2.29. The first-order valence-electron chi connectivity index (χ1n) is 8.50. The summed E-state index contributed by atoms with van der Waals surface area (Å²) in [6, 6.07) is 9.70. The third-order valence-corrected chi connectivity index (χ3v) is 7.49. The van der Waals surface area contributed by atoms with Crippen molar-refractivity contribution in [2.45, 2.75) is 29.1 Å². The van der Waals surface area contributed by atoms with Crippen LogP contribution in [0, 0.1) is 10.1 Å². The van der Waals surface area contributed by atoms with Crippen LogP contribution in [0.2, 0.25) is 0 Å². The van der Waals surface area contributed by atoms with Crippen LogP contribution < -0.4 is 4.18 Å². The van der Waals surface area contributed by atoms with Gasteiger partial charge in [-0.3, -0.25) is 10.1 Å². The number of piperidine rings is 1. The van der Waals surface area contributed by atoms with Crippen LogP contribution in [0.1, 0.15) is 19.3 Å². The normalized spacial score (nSPS) is 15.9. The van der Waals surface area contributed by atoms with E-state index in [9.17, 15) is 26.9 Å². The topological polar surface area (TPSA) is 124 Å². The number of sulfonamides is 1. The second-order valence-electron chi connectivity index (χ2n) is 6.20. The van der Waals surface area contributed by atoms with Crippen LogP contribution in [-0.2, 0) is 20.1 Å². The van der Waals surface area contributed by atoms with E-state index < -0.39 is 36.5 Å². The minimum Gasteiger partial charge on any atom is -0.372 e. The third kappa shape index (κ3) is 4.16. The molecule has 0 N–H and O–H groups in total. The van der Waals surface area contributed by atoms with E-state index in [0.29, 0.717) is 13.1 Å². The lowest BCUT2D eigenvalue weighted by molar-refractivity contribution is -0.385. The van der Waals surface area contributed by atoms with Gasteiger partial charge in [-0.15, -0.1) is 0 Å². The monoisotopic (exact) mass is 426 g/mol. The minimum absolute atomic E-state index is 0.0148. The molecular weight excluding hydrogens is 408 g/mol. The SMILES string of the molecule is O=[N+]([O-])c1ccccc1OS(=O)(=O)c1ccc(S(=O)(=O)N2CCCCC2)cc1. The van der Waals surface area contributed by atoms with Gasteiger partial charge in [0.05, 0.1) is 9.82 Å². The summed E-state index contributed by atoms with van der Waals surface area (Å²) in [6.45, 7) is 0.867. The Morgan fingerprint density at radius 1 is 0.857 bits per heavy atom. The highest BCUT2D eigenvalue weighted by molar-refractivity contribution is 7.89. The van der Waals surface area contributed by atoms with E-state index in [1.807, 2.05) is 0 Å². The molecule has 0 aromatic heterocycles. The van der Waals surface area contributed by atoms with Crippen molar-refractivity contribution < 1.29 is 25.9 Å². The molecule has 0 aliphatic carbocycles. The molecular formula is C17H18N2O7S2. The molecule has 1 fully saturated rings. The number of para-hydroxylation sites is 2. The average Bonchev–Trinajstić information content (AvgIpc) is 2.69. The second-order valence-corrected chi connectivity index (χ2v) is 9.68. The van der Waals surface area contributed by atoms with Crippen LogP contribution in [0.5, 0.6) is 5.75 Å². The molecule has 1 aliphatic heterocycles. The van der Waals surface area contributed by atoms with Crippen LogP contribution in [0.3, 0.4) is 0 Å². The van der Waals surface area contributed by atoms with Gasteiger partial charge in [0.25, 0.3) is 0 Å². The van der Waals surface area contributed by atoms with Crippen LogP contribution in [0.4, 0.5) is 5.69 Å². The number of nitrogens with zero attached hydrogens (tertiary/aromatic N) is 2. The average molecular weight is 426 g/mol. The van der Waals surface area contributed by atoms with Crippen LogP contribution in [0.25, 0.3) is 0 Å². The second kappa shape index (κ2) is 7.86. The van der Waals surface area contributed by atoms with Gasteiger partial charge in [0.15, 0.2) is 0 Å².